The summed E-state index contributed by atoms with van der Waals surface area (Å²) in [5.41, 5.74) is 5.69. The van der Waals surface area contributed by atoms with E-state index in [-0.39, 0.29) is 47.6 Å². The molecule has 5 N–H and O–H groups in total. The van der Waals surface area contributed by atoms with Gasteiger partial charge in [0.25, 0.3) is 6.20 Å². The molecule has 1 aliphatic heterocycles. The van der Waals surface area contributed by atoms with Gasteiger partial charge < -0.3 is 21.1 Å². The highest BCUT2D eigenvalue weighted by atomic mass is 19.4. The number of aromatic nitrogens is 2. The molecule has 2 fully saturated rings. The summed E-state index contributed by atoms with van der Waals surface area (Å²) >= 11 is 0. The molecule has 0 spiro atoms. The molecule has 1 saturated heterocycles. The number of carbonyl (C=O) groups is 2. The third kappa shape index (κ3) is 6.55. The Morgan fingerprint density at radius 1 is 1.00 bits per heavy atom. The van der Waals surface area contributed by atoms with Crippen molar-refractivity contribution in [3.05, 3.63) is 65.9 Å². The smallest absolute Gasteiger partial charge is 0.381 e. The molecule has 2 heterocycles. The Bertz CT molecular complexity index is 1320. The van der Waals surface area contributed by atoms with Crippen molar-refractivity contribution in [3.63, 3.8) is 0 Å². The van der Waals surface area contributed by atoms with Gasteiger partial charge in [-0.15, -0.1) is 0 Å². The largest absolute Gasteiger partial charge is 0.416 e. The van der Waals surface area contributed by atoms with Crippen LogP contribution >= 0.6 is 0 Å². The van der Waals surface area contributed by atoms with Gasteiger partial charge in [-0.3, -0.25) is 14.6 Å². The Hall–Kier alpha value is -3.97. The van der Waals surface area contributed by atoms with Crippen LogP contribution < -0.4 is 26.4 Å². The quantitative estimate of drug-likeness (QED) is 0.349. The van der Waals surface area contributed by atoms with E-state index >= 15 is 0 Å². The molecule has 10 nitrogen and oxygen atoms in total. The molecule has 2 bridgehead atoms. The van der Waals surface area contributed by atoms with Crippen LogP contribution in [0.3, 0.4) is 0 Å². The standard InChI is InChI=1S/C26H27F3N6O4/c27-26(28,29)18-9-19(31-22(36)6-15-4-2-1-3-5-15)11-20(10-18)32-25(37)33-23-12-35(34-39-23)21-7-16-13-38-14-17(8-21)24(16)30/h1-5,9-12,16-17,21,24H,6-8,13-14,30H2,(H2-,31,32,33,34,36,37)/p+1. The number of rotatable bonds is 6. The molecule has 1 aromatic heterocycles. The van der Waals surface area contributed by atoms with E-state index < -0.39 is 23.7 Å². The van der Waals surface area contributed by atoms with E-state index in [2.05, 4.69) is 21.2 Å². The van der Waals surface area contributed by atoms with Crippen molar-refractivity contribution in [2.75, 3.05) is 29.2 Å². The first-order valence-electron chi connectivity index (χ1n) is 12.5. The number of nitrogens with one attached hydrogen (secondary N) is 3. The highest BCUT2D eigenvalue weighted by Gasteiger charge is 2.44. The number of nitrogens with zero attached hydrogens (tertiary/aromatic N) is 2. The Morgan fingerprint density at radius 3 is 2.33 bits per heavy atom. The summed E-state index contributed by atoms with van der Waals surface area (Å²) in [7, 11) is 0. The van der Waals surface area contributed by atoms with E-state index in [4.69, 9.17) is 15.0 Å². The number of hydrogen-bond donors (Lipinski definition) is 4. The molecular weight excluding hydrogens is 517 g/mol. The second-order valence-corrected chi connectivity index (χ2v) is 9.89. The van der Waals surface area contributed by atoms with Crippen LogP contribution in [0.15, 0.2) is 59.3 Å². The third-order valence-corrected chi connectivity index (χ3v) is 7.01. The fourth-order valence-corrected chi connectivity index (χ4v) is 5.12. The molecule has 206 valence electrons. The van der Waals surface area contributed by atoms with E-state index in [0.29, 0.717) is 18.8 Å². The van der Waals surface area contributed by atoms with Crippen LogP contribution in [0.5, 0.6) is 0 Å². The predicted octanol–water partition coefficient (Wildman–Crippen LogP) is 3.73. The van der Waals surface area contributed by atoms with E-state index in [1.807, 2.05) is 0 Å². The predicted molar refractivity (Wildman–Crippen MR) is 134 cm³/mol. The van der Waals surface area contributed by atoms with Crippen molar-refractivity contribution in [2.24, 2.45) is 17.6 Å². The molecule has 2 atom stereocenters. The number of anilines is 3. The fourth-order valence-electron chi connectivity index (χ4n) is 5.12. The Balaban J connectivity index is 1.24. The Labute approximate surface area is 221 Å². The number of alkyl halides is 3. The number of carbonyl (C=O) groups excluding carboxylic acids is 2. The lowest BCUT2D eigenvalue weighted by molar-refractivity contribution is -0.789. The number of urea groups is 1. The average Bonchev–Trinajstić information content (AvgIpc) is 3.32. The summed E-state index contributed by atoms with van der Waals surface area (Å²) in [6, 6.07) is 10.9. The highest BCUT2D eigenvalue weighted by molar-refractivity contribution is 6.00. The third-order valence-electron chi connectivity index (χ3n) is 7.01. The fraction of sp³-hybridized carbons (Fsp3) is 0.385. The number of fused-ring (bicyclic) bond motifs is 2. The van der Waals surface area contributed by atoms with Gasteiger partial charge in [-0.25, -0.2) is 4.79 Å². The summed E-state index contributed by atoms with van der Waals surface area (Å²) in [6.45, 7) is 1.18. The molecule has 1 saturated carbocycles. The van der Waals surface area contributed by atoms with Crippen molar-refractivity contribution in [1.29, 1.82) is 0 Å². The van der Waals surface area contributed by atoms with Crippen LogP contribution in [0.25, 0.3) is 0 Å². The first kappa shape index (κ1) is 26.6. The van der Waals surface area contributed by atoms with Gasteiger partial charge in [0.15, 0.2) is 6.04 Å². The normalized spacial score (nSPS) is 22.7. The van der Waals surface area contributed by atoms with Crippen molar-refractivity contribution in [3.8, 4) is 0 Å². The summed E-state index contributed by atoms with van der Waals surface area (Å²) < 4.78 is 53.0. The molecule has 3 aromatic rings. The maximum Gasteiger partial charge on any atom is 0.416 e. The SMILES string of the molecule is NC1C2COCC1CC([n+]1cc(NC(=O)Nc3cc(NC(=O)Cc4ccccc4)cc(C(F)(F)F)c3)on1)C2. The van der Waals surface area contributed by atoms with Gasteiger partial charge >= 0.3 is 18.1 Å². The first-order chi connectivity index (χ1) is 18.6. The molecule has 2 aliphatic rings. The molecule has 5 rings (SSSR count). The number of halogens is 3. The van der Waals surface area contributed by atoms with Gasteiger partial charge in [0.05, 0.1) is 25.2 Å². The number of nitrogens with two attached hydrogens (primary N) is 1. The van der Waals surface area contributed by atoms with Crippen LogP contribution in [-0.4, -0.2) is 36.5 Å². The lowest BCUT2D eigenvalue weighted by atomic mass is 9.74. The van der Waals surface area contributed by atoms with Crippen molar-refractivity contribution >= 4 is 29.2 Å². The summed E-state index contributed by atoms with van der Waals surface area (Å²) in [6.07, 6.45) is -1.69. The van der Waals surface area contributed by atoms with Gasteiger partial charge in [-0.1, -0.05) is 30.3 Å². The van der Waals surface area contributed by atoms with Crippen molar-refractivity contribution < 1.29 is 36.7 Å². The van der Waals surface area contributed by atoms with Crippen LogP contribution in [0, 0.1) is 11.8 Å². The first-order valence-corrected chi connectivity index (χ1v) is 12.5. The Kier molecular flexibility index (Phi) is 7.53. The summed E-state index contributed by atoms with van der Waals surface area (Å²) in [5.74, 6) is -0.0713. The number of ether oxygens (including phenoxy) is 1. The van der Waals surface area contributed by atoms with Gasteiger partial charge in [-0.05, 0) is 28.4 Å². The molecule has 0 radical (unpaired) electrons. The number of benzene rings is 2. The van der Waals surface area contributed by atoms with E-state index in [1.54, 1.807) is 35.0 Å². The zero-order valence-corrected chi connectivity index (χ0v) is 20.8. The molecule has 1 aliphatic carbocycles. The van der Waals surface area contributed by atoms with Crippen LogP contribution in [0.1, 0.15) is 30.0 Å². The monoisotopic (exact) mass is 545 g/mol. The molecule has 2 aromatic carbocycles. The van der Waals surface area contributed by atoms with Gasteiger partial charge in [-0.2, -0.15) is 13.2 Å². The van der Waals surface area contributed by atoms with Crippen LogP contribution in [0.4, 0.5) is 35.2 Å². The molecule has 2 unspecified atom stereocenters. The topological polar surface area (TPSA) is 135 Å². The summed E-state index contributed by atoms with van der Waals surface area (Å²) in [4.78, 5) is 25.0. The second-order valence-electron chi connectivity index (χ2n) is 9.89. The van der Waals surface area contributed by atoms with Gasteiger partial charge in [0.2, 0.25) is 11.2 Å². The lowest BCUT2D eigenvalue weighted by Crippen LogP contribution is -2.56. The highest BCUT2D eigenvalue weighted by Crippen LogP contribution is 2.36. The zero-order valence-electron chi connectivity index (χ0n) is 20.8. The van der Waals surface area contributed by atoms with E-state index in [9.17, 15) is 22.8 Å². The molecule has 13 heteroatoms. The molecular formula is C26H28F3N6O4+. The molecule has 3 amide bonds. The van der Waals surface area contributed by atoms with E-state index in [0.717, 1.165) is 25.0 Å². The maximum atomic E-state index is 13.5. The maximum absolute atomic E-state index is 13.5. The van der Waals surface area contributed by atoms with Crippen molar-refractivity contribution in [2.45, 2.75) is 37.5 Å². The number of hydrogen-bond acceptors (Lipinski definition) is 6. The van der Waals surface area contributed by atoms with E-state index in [1.165, 1.54) is 12.3 Å². The minimum absolute atomic E-state index is 0.0205. The second kappa shape index (κ2) is 11.0. The van der Waals surface area contributed by atoms with Crippen LogP contribution in [-0.2, 0) is 22.1 Å². The minimum atomic E-state index is -4.70. The zero-order chi connectivity index (χ0) is 27.6. The van der Waals surface area contributed by atoms with Crippen molar-refractivity contribution in [1.82, 2.24) is 5.27 Å². The molecule has 39 heavy (non-hydrogen) atoms. The van der Waals surface area contributed by atoms with Gasteiger partial charge in [0.1, 0.15) is 0 Å². The average molecular weight is 546 g/mol. The minimum Gasteiger partial charge on any atom is -0.381 e. The summed E-state index contributed by atoms with van der Waals surface area (Å²) in [5, 5.41) is 11.3. The Morgan fingerprint density at radius 2 is 1.67 bits per heavy atom. The van der Waals surface area contributed by atoms with Gasteiger partial charge in [0, 0.05) is 42.1 Å². The lowest BCUT2D eigenvalue weighted by Gasteiger charge is -2.40. The van der Waals surface area contributed by atoms with Crippen LogP contribution in [0.2, 0.25) is 0 Å². The number of amides is 3.